The third-order valence-electron chi connectivity index (χ3n) is 3.31. The van der Waals surface area contributed by atoms with E-state index in [4.69, 9.17) is 4.74 Å². The van der Waals surface area contributed by atoms with Gasteiger partial charge < -0.3 is 14.6 Å². The number of rotatable bonds is 4. The summed E-state index contributed by atoms with van der Waals surface area (Å²) in [7, 11) is 1.96. The number of cyclic esters (lactones) is 1. The first-order chi connectivity index (χ1) is 9.74. The number of nitrogens with one attached hydrogen (secondary N) is 1. The average Bonchev–Trinajstić information content (AvgIpc) is 3.05. The summed E-state index contributed by atoms with van der Waals surface area (Å²) in [4.78, 5) is 17.3. The van der Waals surface area contributed by atoms with Gasteiger partial charge in [0.1, 0.15) is 6.61 Å². The first kappa shape index (κ1) is 12.5. The molecule has 1 aromatic carbocycles. The molecule has 1 aliphatic rings. The maximum atomic E-state index is 11.5. The van der Waals surface area contributed by atoms with Gasteiger partial charge in [-0.25, -0.2) is 9.78 Å². The Balaban J connectivity index is 1.71. The number of nitrogens with zero attached hydrogens (tertiary/aromatic N) is 3. The van der Waals surface area contributed by atoms with E-state index in [1.807, 2.05) is 42.1 Å². The van der Waals surface area contributed by atoms with Crippen LogP contribution in [0.3, 0.4) is 0 Å². The molecule has 2 aromatic rings. The number of aryl methyl sites for hydroxylation is 1. The fourth-order valence-corrected chi connectivity index (χ4v) is 2.16. The fraction of sp³-hybridized carbons (Fsp3) is 0.286. The fourth-order valence-electron chi connectivity index (χ4n) is 2.16. The number of ether oxygens (including phenoxy) is 1. The van der Waals surface area contributed by atoms with Crippen LogP contribution in [0.15, 0.2) is 36.8 Å². The van der Waals surface area contributed by atoms with E-state index in [1.165, 1.54) is 0 Å². The normalized spacial score (nSPS) is 14.4. The van der Waals surface area contributed by atoms with Crippen LogP contribution >= 0.6 is 0 Å². The zero-order chi connectivity index (χ0) is 13.9. The van der Waals surface area contributed by atoms with Crippen molar-refractivity contribution in [2.24, 2.45) is 7.05 Å². The maximum Gasteiger partial charge on any atom is 0.414 e. The van der Waals surface area contributed by atoms with Gasteiger partial charge in [-0.2, -0.15) is 0 Å². The van der Waals surface area contributed by atoms with Crippen molar-refractivity contribution in [3.8, 4) is 0 Å². The number of amides is 1. The van der Waals surface area contributed by atoms with Crippen molar-refractivity contribution >= 4 is 17.5 Å². The Labute approximate surface area is 117 Å². The second-order valence-corrected chi connectivity index (χ2v) is 4.67. The van der Waals surface area contributed by atoms with Crippen LogP contribution in [0.5, 0.6) is 0 Å². The summed E-state index contributed by atoms with van der Waals surface area (Å²) in [5.74, 6) is 0. The molecule has 1 aromatic heterocycles. The number of hydrogen-bond acceptors (Lipinski definition) is 4. The monoisotopic (exact) mass is 272 g/mol. The summed E-state index contributed by atoms with van der Waals surface area (Å²) < 4.78 is 6.92. The van der Waals surface area contributed by atoms with Crippen molar-refractivity contribution in [3.05, 3.63) is 42.5 Å². The Morgan fingerprint density at radius 3 is 3.05 bits per heavy atom. The number of carbonyl (C=O) groups is 1. The Kier molecular flexibility index (Phi) is 3.28. The summed E-state index contributed by atoms with van der Waals surface area (Å²) in [6.07, 6.45) is 3.32. The Morgan fingerprint density at radius 2 is 2.35 bits per heavy atom. The second-order valence-electron chi connectivity index (χ2n) is 4.67. The lowest BCUT2D eigenvalue weighted by atomic mass is 10.2. The summed E-state index contributed by atoms with van der Waals surface area (Å²) in [6, 6.07) is 7.75. The van der Waals surface area contributed by atoms with Gasteiger partial charge in [-0.05, 0) is 18.2 Å². The van der Waals surface area contributed by atoms with Gasteiger partial charge in [0.2, 0.25) is 0 Å². The number of benzene rings is 1. The van der Waals surface area contributed by atoms with Gasteiger partial charge in [-0.15, -0.1) is 0 Å². The molecule has 2 heterocycles. The molecule has 0 atom stereocenters. The molecule has 1 aliphatic heterocycles. The lowest BCUT2D eigenvalue weighted by Gasteiger charge is -2.14. The predicted octanol–water partition coefficient (Wildman–Crippen LogP) is 1.99. The molecule has 1 fully saturated rings. The van der Waals surface area contributed by atoms with Crippen LogP contribution in [0.25, 0.3) is 0 Å². The van der Waals surface area contributed by atoms with Crippen molar-refractivity contribution < 1.29 is 9.53 Å². The quantitative estimate of drug-likeness (QED) is 0.924. The number of carbonyl (C=O) groups excluding carboxylic acids is 1. The van der Waals surface area contributed by atoms with Crippen molar-refractivity contribution in [3.63, 3.8) is 0 Å². The first-order valence-electron chi connectivity index (χ1n) is 6.47. The largest absolute Gasteiger partial charge is 0.447 e. The van der Waals surface area contributed by atoms with Gasteiger partial charge >= 0.3 is 6.09 Å². The number of hydrogen-bond donors (Lipinski definition) is 1. The number of imidazole rings is 1. The Hall–Kier alpha value is -2.50. The molecule has 0 unspecified atom stereocenters. The minimum atomic E-state index is -0.284. The molecule has 6 nitrogen and oxygen atoms in total. The summed E-state index contributed by atoms with van der Waals surface area (Å²) in [6.45, 7) is 1.74. The molecule has 3 rings (SSSR count). The molecule has 6 heteroatoms. The van der Waals surface area contributed by atoms with E-state index in [1.54, 1.807) is 11.2 Å². The maximum absolute atomic E-state index is 11.5. The third kappa shape index (κ3) is 2.45. The summed E-state index contributed by atoms with van der Waals surface area (Å²) in [5, 5.41) is 3.33. The van der Waals surface area contributed by atoms with E-state index in [-0.39, 0.29) is 6.09 Å². The molecule has 1 amide bonds. The highest BCUT2D eigenvalue weighted by atomic mass is 16.6. The molecule has 0 bridgehead atoms. The minimum absolute atomic E-state index is 0.284. The van der Waals surface area contributed by atoms with E-state index >= 15 is 0 Å². The summed E-state index contributed by atoms with van der Waals surface area (Å²) >= 11 is 0. The average molecular weight is 272 g/mol. The number of aromatic nitrogens is 2. The lowest BCUT2D eigenvalue weighted by Crippen LogP contribution is -2.23. The molecular formula is C14H16N4O2. The van der Waals surface area contributed by atoms with Crippen LogP contribution in [-0.2, 0) is 18.3 Å². The molecule has 1 N–H and O–H groups in total. The number of anilines is 2. The van der Waals surface area contributed by atoms with Gasteiger partial charge in [0.05, 0.1) is 25.1 Å². The van der Waals surface area contributed by atoms with Gasteiger partial charge in [0.25, 0.3) is 0 Å². The van der Waals surface area contributed by atoms with Gasteiger partial charge in [0, 0.05) is 24.6 Å². The highest BCUT2D eigenvalue weighted by molar-refractivity contribution is 5.89. The van der Waals surface area contributed by atoms with Gasteiger partial charge in [0.15, 0.2) is 0 Å². The second kappa shape index (κ2) is 5.24. The Morgan fingerprint density at radius 1 is 1.45 bits per heavy atom. The van der Waals surface area contributed by atoms with Crippen LogP contribution in [0, 0.1) is 0 Å². The van der Waals surface area contributed by atoms with E-state index in [0.29, 0.717) is 19.7 Å². The minimum Gasteiger partial charge on any atom is -0.447 e. The van der Waals surface area contributed by atoms with E-state index in [0.717, 1.165) is 17.1 Å². The van der Waals surface area contributed by atoms with E-state index < -0.39 is 0 Å². The molecule has 20 heavy (non-hydrogen) atoms. The first-order valence-corrected chi connectivity index (χ1v) is 6.47. The zero-order valence-electron chi connectivity index (χ0n) is 11.2. The summed E-state index contributed by atoms with van der Waals surface area (Å²) in [5.41, 5.74) is 2.90. The van der Waals surface area contributed by atoms with Crippen LogP contribution < -0.4 is 10.2 Å². The molecule has 0 radical (unpaired) electrons. The predicted molar refractivity (Wildman–Crippen MR) is 75.7 cm³/mol. The van der Waals surface area contributed by atoms with E-state index in [2.05, 4.69) is 10.3 Å². The van der Waals surface area contributed by atoms with Crippen molar-refractivity contribution in [1.82, 2.24) is 9.55 Å². The molecule has 1 saturated heterocycles. The van der Waals surface area contributed by atoms with Crippen LogP contribution in [0.1, 0.15) is 5.69 Å². The molecular weight excluding hydrogens is 256 g/mol. The van der Waals surface area contributed by atoms with E-state index in [9.17, 15) is 4.79 Å². The van der Waals surface area contributed by atoms with Crippen molar-refractivity contribution in [2.75, 3.05) is 23.4 Å². The topological polar surface area (TPSA) is 59.4 Å². The smallest absolute Gasteiger partial charge is 0.414 e. The highest BCUT2D eigenvalue weighted by Crippen LogP contribution is 2.22. The van der Waals surface area contributed by atoms with Crippen LogP contribution in [0.4, 0.5) is 16.2 Å². The highest BCUT2D eigenvalue weighted by Gasteiger charge is 2.23. The zero-order valence-corrected chi connectivity index (χ0v) is 11.2. The standard InChI is InChI=1S/C14H16N4O2/c1-17-10-15-8-13(17)9-16-11-3-2-4-12(7-11)18-5-6-20-14(18)19/h2-4,7-8,10,16H,5-6,9H2,1H3. The Bertz CT molecular complexity index is 623. The van der Waals surface area contributed by atoms with Crippen molar-refractivity contribution in [2.45, 2.75) is 6.54 Å². The van der Waals surface area contributed by atoms with Crippen LogP contribution in [0.2, 0.25) is 0 Å². The van der Waals surface area contributed by atoms with Crippen LogP contribution in [-0.4, -0.2) is 28.8 Å². The lowest BCUT2D eigenvalue weighted by molar-refractivity contribution is 0.181. The SMILES string of the molecule is Cn1cncc1CNc1cccc(N2CCOC2=O)c1. The van der Waals surface area contributed by atoms with Crippen molar-refractivity contribution in [1.29, 1.82) is 0 Å². The van der Waals surface area contributed by atoms with Gasteiger partial charge in [-0.3, -0.25) is 4.90 Å². The molecule has 0 spiro atoms. The van der Waals surface area contributed by atoms with Gasteiger partial charge in [-0.1, -0.05) is 6.07 Å². The molecule has 0 aliphatic carbocycles. The molecule has 0 saturated carbocycles. The molecule has 104 valence electrons. The third-order valence-corrected chi connectivity index (χ3v) is 3.31.